The number of nitrogens with one attached hydrogen (secondary N) is 2. The molecule has 0 fully saturated rings. The summed E-state index contributed by atoms with van der Waals surface area (Å²) in [5.41, 5.74) is 0.279. The van der Waals surface area contributed by atoms with Crippen LogP contribution in [-0.4, -0.2) is 20.2 Å². The molecule has 0 aliphatic rings. The molecule has 0 aliphatic carbocycles. The monoisotopic (exact) mass is 478 g/mol. The van der Waals surface area contributed by atoms with E-state index in [0.717, 1.165) is 0 Å². The molecule has 0 bridgehead atoms. The number of sulfonamides is 1. The summed E-state index contributed by atoms with van der Waals surface area (Å²) in [5, 5.41) is 14.5. The van der Waals surface area contributed by atoms with E-state index in [4.69, 9.17) is 11.6 Å². The maximum Gasteiger partial charge on any atom is 0.261 e. The highest BCUT2D eigenvalue weighted by Gasteiger charge is 2.15. The lowest BCUT2D eigenvalue weighted by molar-refractivity contribution is -0.212. The standard InChI is InChI=1S/C21H16ClF2N3O4S/c1-12(28)25-13-5-7-16(8-6-13)32(30,31)27-15-4-2-3-14(9-15)26-21(29)17-10-19(23)20(24)11-18(17)22/h2-11,27H,1H3,(H,25,28)(H,26,29)/p-1. The van der Waals surface area contributed by atoms with Crippen molar-refractivity contribution in [2.45, 2.75) is 11.8 Å². The molecule has 0 atom stereocenters. The minimum Gasteiger partial charge on any atom is -0.858 e. The summed E-state index contributed by atoms with van der Waals surface area (Å²) < 4.78 is 54.2. The second kappa shape index (κ2) is 9.33. The number of rotatable bonds is 6. The second-order valence-electron chi connectivity index (χ2n) is 6.52. The number of nitrogens with zero attached hydrogens (tertiary/aromatic N) is 1. The summed E-state index contributed by atoms with van der Waals surface area (Å²) in [5.74, 6) is -3.67. The molecule has 3 aromatic carbocycles. The average molecular weight is 479 g/mol. The van der Waals surface area contributed by atoms with Crippen molar-refractivity contribution in [2.75, 3.05) is 10.0 Å². The van der Waals surface area contributed by atoms with Gasteiger partial charge in [0, 0.05) is 18.2 Å². The first-order chi connectivity index (χ1) is 15.0. The SMILES string of the molecule is CC(=O)Nc1ccc(S(=O)(=O)Nc2cccc(N=C([O-])c3cc(F)c(F)cc3Cl)c2)cc1. The molecule has 0 aliphatic heterocycles. The molecule has 3 rings (SSSR count). The van der Waals surface area contributed by atoms with Crippen LogP contribution < -0.4 is 15.1 Å². The summed E-state index contributed by atoms with van der Waals surface area (Å²) in [6.07, 6.45) is 0. The number of amides is 1. The first-order valence-electron chi connectivity index (χ1n) is 8.96. The molecular formula is C21H15ClF2N3O4S-. The normalized spacial score (nSPS) is 11.8. The largest absolute Gasteiger partial charge is 0.858 e. The Morgan fingerprint density at radius 3 is 2.31 bits per heavy atom. The minimum absolute atomic E-state index is 0.0569. The summed E-state index contributed by atoms with van der Waals surface area (Å²) in [4.78, 5) is 14.8. The van der Waals surface area contributed by atoms with Gasteiger partial charge >= 0.3 is 0 Å². The summed E-state index contributed by atoms with van der Waals surface area (Å²) in [6.45, 7) is 1.33. The van der Waals surface area contributed by atoms with Gasteiger partial charge in [-0.05, 0) is 60.5 Å². The fraction of sp³-hybridized carbons (Fsp3) is 0.0476. The van der Waals surface area contributed by atoms with E-state index in [-0.39, 0.29) is 32.8 Å². The third-order valence-electron chi connectivity index (χ3n) is 4.05. The lowest BCUT2D eigenvalue weighted by Gasteiger charge is -2.14. The van der Waals surface area contributed by atoms with Gasteiger partial charge in [0.1, 0.15) is 0 Å². The molecule has 166 valence electrons. The van der Waals surface area contributed by atoms with Crippen molar-refractivity contribution in [2.24, 2.45) is 4.99 Å². The summed E-state index contributed by atoms with van der Waals surface area (Å²) in [7, 11) is -3.97. The van der Waals surface area contributed by atoms with Gasteiger partial charge in [-0.15, -0.1) is 0 Å². The number of carbonyl (C=O) groups excluding carboxylic acids is 1. The quantitative estimate of drug-likeness (QED) is 0.319. The smallest absolute Gasteiger partial charge is 0.261 e. The molecule has 0 heterocycles. The van der Waals surface area contributed by atoms with E-state index in [1.54, 1.807) is 0 Å². The van der Waals surface area contributed by atoms with E-state index in [2.05, 4.69) is 15.0 Å². The van der Waals surface area contributed by atoms with Crippen LogP contribution in [-0.2, 0) is 14.8 Å². The van der Waals surface area contributed by atoms with Gasteiger partial charge in [-0.1, -0.05) is 17.7 Å². The highest BCUT2D eigenvalue weighted by atomic mass is 35.5. The third kappa shape index (κ3) is 5.59. The van der Waals surface area contributed by atoms with Gasteiger partial charge in [-0.25, -0.2) is 17.2 Å². The number of aliphatic imine (C=N–C) groups is 1. The Kier molecular flexibility index (Phi) is 6.75. The van der Waals surface area contributed by atoms with Crippen LogP contribution in [0.25, 0.3) is 0 Å². The Balaban J connectivity index is 1.83. The van der Waals surface area contributed by atoms with Gasteiger partial charge in [-0.2, -0.15) is 0 Å². The van der Waals surface area contributed by atoms with Gasteiger partial charge in [0.15, 0.2) is 11.6 Å². The van der Waals surface area contributed by atoms with Gasteiger partial charge in [0.2, 0.25) is 5.91 Å². The molecule has 0 spiro atoms. The molecule has 2 N–H and O–H groups in total. The maximum absolute atomic E-state index is 13.4. The number of anilines is 2. The van der Waals surface area contributed by atoms with E-state index < -0.39 is 27.6 Å². The predicted octanol–water partition coefficient (Wildman–Crippen LogP) is 3.82. The van der Waals surface area contributed by atoms with Crippen LogP contribution in [0.2, 0.25) is 5.02 Å². The molecule has 1 amide bonds. The molecule has 0 saturated carbocycles. The molecule has 32 heavy (non-hydrogen) atoms. The van der Waals surface area contributed by atoms with E-state index in [1.807, 2.05) is 0 Å². The number of benzene rings is 3. The lowest BCUT2D eigenvalue weighted by atomic mass is 10.2. The molecule has 7 nitrogen and oxygen atoms in total. The minimum atomic E-state index is -3.97. The number of hydrogen-bond donors (Lipinski definition) is 2. The molecule has 11 heteroatoms. The van der Waals surface area contributed by atoms with Crippen molar-refractivity contribution in [3.05, 3.63) is 82.9 Å². The van der Waals surface area contributed by atoms with E-state index in [0.29, 0.717) is 17.8 Å². The fourth-order valence-electron chi connectivity index (χ4n) is 2.64. The van der Waals surface area contributed by atoms with Crippen LogP contribution in [0.5, 0.6) is 0 Å². The highest BCUT2D eigenvalue weighted by molar-refractivity contribution is 7.92. The number of hydrogen-bond acceptors (Lipinski definition) is 5. The zero-order valence-corrected chi connectivity index (χ0v) is 18.0. The zero-order valence-electron chi connectivity index (χ0n) is 16.4. The first-order valence-corrected chi connectivity index (χ1v) is 10.8. The van der Waals surface area contributed by atoms with Crippen molar-refractivity contribution in [3.8, 4) is 0 Å². The Bertz CT molecular complexity index is 1310. The third-order valence-corrected chi connectivity index (χ3v) is 5.76. The van der Waals surface area contributed by atoms with Crippen LogP contribution in [0.1, 0.15) is 12.5 Å². The van der Waals surface area contributed by atoms with E-state index >= 15 is 0 Å². The maximum atomic E-state index is 13.4. The molecular weight excluding hydrogens is 464 g/mol. The van der Waals surface area contributed by atoms with Gasteiger partial charge < -0.3 is 10.4 Å². The molecule has 0 aromatic heterocycles. The van der Waals surface area contributed by atoms with Crippen LogP contribution in [0.3, 0.4) is 0 Å². The van der Waals surface area contributed by atoms with Crippen molar-refractivity contribution in [3.63, 3.8) is 0 Å². The number of carbonyl (C=O) groups is 1. The van der Waals surface area contributed by atoms with Gasteiger partial charge in [0.05, 0.1) is 21.3 Å². The van der Waals surface area contributed by atoms with Gasteiger partial charge in [0.25, 0.3) is 10.0 Å². The molecule has 3 aromatic rings. The fourth-order valence-corrected chi connectivity index (χ4v) is 3.92. The van der Waals surface area contributed by atoms with Crippen molar-refractivity contribution in [1.29, 1.82) is 0 Å². The first kappa shape index (κ1) is 23.2. The van der Waals surface area contributed by atoms with E-state index in [9.17, 15) is 27.1 Å². The molecule has 0 unspecified atom stereocenters. The van der Waals surface area contributed by atoms with E-state index in [1.165, 1.54) is 55.5 Å². The molecule has 0 radical (unpaired) electrons. The summed E-state index contributed by atoms with van der Waals surface area (Å²) >= 11 is 5.79. The predicted molar refractivity (Wildman–Crippen MR) is 116 cm³/mol. The Labute approximate surface area is 187 Å². The van der Waals surface area contributed by atoms with Crippen LogP contribution >= 0.6 is 11.6 Å². The van der Waals surface area contributed by atoms with Crippen molar-refractivity contribution < 1.29 is 27.1 Å². The second-order valence-corrected chi connectivity index (χ2v) is 8.61. The van der Waals surface area contributed by atoms with Gasteiger partial charge in [-0.3, -0.25) is 14.5 Å². The average Bonchev–Trinajstić information content (AvgIpc) is 2.70. The lowest BCUT2D eigenvalue weighted by Crippen LogP contribution is -2.19. The van der Waals surface area contributed by atoms with Crippen LogP contribution in [0.15, 0.2) is 70.6 Å². The highest BCUT2D eigenvalue weighted by Crippen LogP contribution is 2.24. The summed E-state index contributed by atoms with van der Waals surface area (Å²) in [6, 6.07) is 12.4. The Morgan fingerprint density at radius 1 is 1.00 bits per heavy atom. The van der Waals surface area contributed by atoms with Crippen molar-refractivity contribution in [1.82, 2.24) is 0 Å². The number of halogens is 3. The van der Waals surface area contributed by atoms with Crippen LogP contribution in [0, 0.1) is 11.6 Å². The van der Waals surface area contributed by atoms with Crippen LogP contribution in [0.4, 0.5) is 25.8 Å². The Hall–Kier alpha value is -3.50. The molecule has 0 saturated heterocycles. The topological polar surface area (TPSA) is 111 Å². The zero-order chi connectivity index (χ0) is 23.5. The Morgan fingerprint density at radius 2 is 1.66 bits per heavy atom. The van der Waals surface area contributed by atoms with Crippen molar-refractivity contribution >= 4 is 50.5 Å².